The van der Waals surface area contributed by atoms with Gasteiger partial charge in [-0.3, -0.25) is 14.5 Å². The first kappa shape index (κ1) is 19.5. The van der Waals surface area contributed by atoms with E-state index in [2.05, 4.69) is 5.32 Å². The highest BCUT2D eigenvalue weighted by Gasteiger charge is 2.38. The maximum atomic E-state index is 12.7. The van der Waals surface area contributed by atoms with Crippen LogP contribution in [0.15, 0.2) is 65.2 Å². The molecule has 3 rings (SSSR count). The van der Waals surface area contributed by atoms with Crippen molar-refractivity contribution < 1.29 is 14.3 Å². The normalized spacial score (nSPS) is 17.8. The second-order valence-electron chi connectivity index (χ2n) is 6.09. The molecule has 7 heteroatoms. The molecule has 2 aromatic carbocycles. The van der Waals surface area contributed by atoms with Gasteiger partial charge in [-0.05, 0) is 36.8 Å². The monoisotopic (exact) mass is 393 g/mol. The van der Waals surface area contributed by atoms with Gasteiger partial charge >= 0.3 is 0 Å². The van der Waals surface area contributed by atoms with E-state index in [1.54, 1.807) is 38.3 Å². The predicted octanol–water partition coefficient (Wildman–Crippen LogP) is 3.22. The Morgan fingerprint density at radius 1 is 1.21 bits per heavy atom. The molecule has 0 aliphatic carbocycles. The Bertz CT molecular complexity index is 949. The van der Waals surface area contributed by atoms with E-state index in [0.29, 0.717) is 23.0 Å². The molecular weight excluding hydrogens is 374 g/mol. The van der Waals surface area contributed by atoms with Crippen LogP contribution in [-0.4, -0.2) is 24.2 Å². The molecular formula is C21H19N3O3S. The molecule has 28 heavy (non-hydrogen) atoms. The zero-order valence-corrected chi connectivity index (χ0v) is 16.3. The minimum absolute atomic E-state index is 0.0746. The molecule has 142 valence electrons. The summed E-state index contributed by atoms with van der Waals surface area (Å²) in [5, 5.41) is 12.3. The van der Waals surface area contributed by atoms with Crippen molar-refractivity contribution in [2.24, 2.45) is 0 Å². The number of nitrogens with zero attached hydrogens (tertiary/aromatic N) is 2. The summed E-state index contributed by atoms with van der Waals surface area (Å²) in [6.45, 7) is 2.06. The van der Waals surface area contributed by atoms with Crippen molar-refractivity contribution in [2.75, 3.05) is 12.0 Å². The van der Waals surface area contributed by atoms with Crippen LogP contribution in [0.2, 0.25) is 0 Å². The summed E-state index contributed by atoms with van der Waals surface area (Å²) in [5.41, 5.74) is 1.43. The highest BCUT2D eigenvalue weighted by atomic mass is 32.2. The maximum Gasteiger partial charge on any atom is 0.264 e. The second-order valence-corrected chi connectivity index (χ2v) is 7.42. The first-order valence-corrected chi connectivity index (χ1v) is 9.54. The summed E-state index contributed by atoms with van der Waals surface area (Å²) in [6.07, 6.45) is 0. The van der Waals surface area contributed by atoms with Crippen LogP contribution in [0.1, 0.15) is 12.5 Å². The quantitative estimate of drug-likeness (QED) is 0.623. The standard InChI is InChI=1S/C21H19N3O3S/c1-14-20(26)24(16-8-10-17(27-2)11-9-16)21(28-14)18(12-22)19(25)23-13-15-6-4-3-5-7-15/h3-11,14H,13H2,1-2H3,(H,23,25)/b21-18-. The lowest BCUT2D eigenvalue weighted by Crippen LogP contribution is -2.30. The summed E-state index contributed by atoms with van der Waals surface area (Å²) in [6, 6.07) is 18.3. The number of benzene rings is 2. The van der Waals surface area contributed by atoms with Crippen LogP contribution < -0.4 is 15.0 Å². The maximum absolute atomic E-state index is 12.7. The minimum Gasteiger partial charge on any atom is -0.497 e. The molecule has 1 unspecified atom stereocenters. The van der Waals surface area contributed by atoms with Crippen LogP contribution in [0.3, 0.4) is 0 Å². The van der Waals surface area contributed by atoms with Gasteiger partial charge in [0.15, 0.2) is 0 Å². The first-order valence-electron chi connectivity index (χ1n) is 8.66. The summed E-state index contributed by atoms with van der Waals surface area (Å²) in [4.78, 5) is 26.8. The van der Waals surface area contributed by atoms with E-state index in [-0.39, 0.29) is 16.7 Å². The number of thioether (sulfide) groups is 1. The van der Waals surface area contributed by atoms with Gasteiger partial charge in [0.05, 0.1) is 12.4 Å². The summed E-state index contributed by atoms with van der Waals surface area (Å²) in [7, 11) is 1.56. The molecule has 1 aliphatic rings. The van der Waals surface area contributed by atoms with Gasteiger partial charge in [-0.1, -0.05) is 42.1 Å². The molecule has 0 spiro atoms. The Morgan fingerprint density at radius 3 is 2.50 bits per heavy atom. The molecule has 1 fully saturated rings. The Kier molecular flexibility index (Phi) is 6.02. The van der Waals surface area contributed by atoms with E-state index < -0.39 is 5.91 Å². The zero-order valence-electron chi connectivity index (χ0n) is 15.5. The molecule has 0 saturated carbocycles. The smallest absolute Gasteiger partial charge is 0.264 e. The number of rotatable bonds is 5. The third-order valence-corrected chi connectivity index (χ3v) is 5.40. The fraction of sp³-hybridized carbons (Fsp3) is 0.190. The van der Waals surface area contributed by atoms with Gasteiger partial charge in [0.25, 0.3) is 5.91 Å². The van der Waals surface area contributed by atoms with Gasteiger partial charge in [0, 0.05) is 12.2 Å². The highest BCUT2D eigenvalue weighted by Crippen LogP contribution is 2.40. The van der Waals surface area contributed by atoms with E-state index in [4.69, 9.17) is 4.74 Å². The van der Waals surface area contributed by atoms with E-state index in [0.717, 1.165) is 5.56 Å². The average molecular weight is 393 g/mol. The SMILES string of the molecule is COc1ccc(N2C(=O)C(C)S/C2=C(/C#N)C(=O)NCc2ccccc2)cc1. The number of nitrogens with one attached hydrogen (secondary N) is 1. The minimum atomic E-state index is -0.505. The lowest BCUT2D eigenvalue weighted by atomic mass is 10.2. The van der Waals surface area contributed by atoms with Gasteiger partial charge in [-0.25, -0.2) is 0 Å². The molecule has 1 saturated heterocycles. The van der Waals surface area contributed by atoms with Crippen LogP contribution in [0.4, 0.5) is 5.69 Å². The van der Waals surface area contributed by atoms with Crippen LogP contribution in [0, 0.1) is 11.3 Å². The van der Waals surface area contributed by atoms with Gasteiger partial charge in [-0.2, -0.15) is 5.26 Å². The Morgan fingerprint density at radius 2 is 1.89 bits per heavy atom. The fourth-order valence-corrected chi connectivity index (χ4v) is 3.86. The molecule has 2 amide bonds. The summed E-state index contributed by atoms with van der Waals surface area (Å²) in [5.74, 6) is -0.0224. The first-order chi connectivity index (χ1) is 13.5. The number of anilines is 1. The van der Waals surface area contributed by atoms with Crippen LogP contribution in [0.5, 0.6) is 5.75 Å². The van der Waals surface area contributed by atoms with Gasteiger partial charge in [0.2, 0.25) is 5.91 Å². The number of methoxy groups -OCH3 is 1. The zero-order chi connectivity index (χ0) is 20.1. The van der Waals surface area contributed by atoms with E-state index in [1.165, 1.54) is 16.7 Å². The summed E-state index contributed by atoms with van der Waals surface area (Å²) >= 11 is 1.21. The van der Waals surface area contributed by atoms with Crippen LogP contribution in [-0.2, 0) is 16.1 Å². The molecule has 1 aliphatic heterocycles. The third kappa shape index (κ3) is 4.02. The van der Waals surface area contributed by atoms with Gasteiger partial charge in [-0.15, -0.1) is 0 Å². The number of amides is 2. The molecule has 1 atom stereocenters. The average Bonchev–Trinajstić information content (AvgIpc) is 3.02. The topological polar surface area (TPSA) is 82.4 Å². The predicted molar refractivity (Wildman–Crippen MR) is 108 cm³/mol. The third-order valence-electron chi connectivity index (χ3n) is 4.24. The van der Waals surface area contributed by atoms with E-state index in [9.17, 15) is 14.9 Å². The lowest BCUT2D eigenvalue weighted by Gasteiger charge is -2.19. The van der Waals surface area contributed by atoms with Gasteiger partial charge < -0.3 is 10.1 Å². The van der Waals surface area contributed by atoms with Crippen molar-refractivity contribution in [1.29, 1.82) is 5.26 Å². The molecule has 0 aromatic heterocycles. The van der Waals surface area contributed by atoms with Gasteiger partial charge in [0.1, 0.15) is 22.4 Å². The Labute approximate surface area is 167 Å². The Hall–Kier alpha value is -3.24. The van der Waals surface area contributed by atoms with Crippen molar-refractivity contribution >= 4 is 29.3 Å². The second kappa shape index (κ2) is 8.63. The van der Waals surface area contributed by atoms with Crippen LogP contribution >= 0.6 is 11.8 Å². The number of carbonyl (C=O) groups is 2. The number of carbonyl (C=O) groups excluding carboxylic acids is 2. The van der Waals surface area contributed by atoms with Crippen molar-refractivity contribution in [3.05, 3.63) is 70.8 Å². The van der Waals surface area contributed by atoms with Crippen molar-refractivity contribution in [2.45, 2.75) is 18.7 Å². The van der Waals surface area contributed by atoms with Crippen molar-refractivity contribution in [3.63, 3.8) is 0 Å². The number of hydrogen-bond donors (Lipinski definition) is 1. The fourth-order valence-electron chi connectivity index (χ4n) is 2.76. The molecule has 2 aromatic rings. The largest absolute Gasteiger partial charge is 0.497 e. The number of ether oxygens (including phenoxy) is 1. The molecule has 6 nitrogen and oxygen atoms in total. The van der Waals surface area contributed by atoms with E-state index >= 15 is 0 Å². The molecule has 0 radical (unpaired) electrons. The van der Waals surface area contributed by atoms with Crippen molar-refractivity contribution in [1.82, 2.24) is 5.32 Å². The molecule has 1 N–H and O–H groups in total. The molecule has 1 heterocycles. The molecule has 0 bridgehead atoms. The van der Waals surface area contributed by atoms with Crippen LogP contribution in [0.25, 0.3) is 0 Å². The summed E-state index contributed by atoms with van der Waals surface area (Å²) < 4.78 is 5.15. The highest BCUT2D eigenvalue weighted by molar-refractivity contribution is 8.05. The number of hydrogen-bond acceptors (Lipinski definition) is 5. The number of nitriles is 1. The Balaban J connectivity index is 1.90. The lowest BCUT2D eigenvalue weighted by molar-refractivity contribution is -0.117. The van der Waals surface area contributed by atoms with E-state index in [1.807, 2.05) is 36.4 Å². The van der Waals surface area contributed by atoms with Crippen molar-refractivity contribution in [3.8, 4) is 11.8 Å².